The molecule has 3 N–H and O–H groups in total. The molecule has 1 atom stereocenters. The SMILES string of the molecule is CCC(Sc1nnnn1-c1ccccc1)C(=O)Nc1ccc(C(N)=O)cc1. The standard InChI is InChI=1S/C18H18N6O2S/c1-2-15(17(26)20-13-10-8-12(9-11-13)16(19)25)27-18-21-22-23-24(18)14-6-4-3-5-7-14/h3-11,15H,2H2,1H3,(H2,19,25)(H,20,26). The maximum absolute atomic E-state index is 12.6. The number of amides is 2. The highest BCUT2D eigenvalue weighted by Crippen LogP contribution is 2.26. The number of aromatic nitrogens is 4. The molecule has 0 aliphatic carbocycles. The van der Waals surface area contributed by atoms with Crippen LogP contribution in [0.15, 0.2) is 59.8 Å². The Bertz CT molecular complexity index is 927. The molecular weight excluding hydrogens is 364 g/mol. The first kappa shape index (κ1) is 18.6. The second-order valence-electron chi connectivity index (χ2n) is 5.65. The number of nitrogens with zero attached hydrogens (tertiary/aromatic N) is 4. The van der Waals surface area contributed by atoms with E-state index < -0.39 is 5.91 Å². The van der Waals surface area contributed by atoms with E-state index >= 15 is 0 Å². The van der Waals surface area contributed by atoms with Crippen LogP contribution in [-0.4, -0.2) is 37.3 Å². The summed E-state index contributed by atoms with van der Waals surface area (Å²) in [5, 5.41) is 14.8. The number of hydrogen-bond donors (Lipinski definition) is 2. The highest BCUT2D eigenvalue weighted by Gasteiger charge is 2.22. The highest BCUT2D eigenvalue weighted by atomic mass is 32.2. The van der Waals surface area contributed by atoms with Crippen molar-refractivity contribution in [2.75, 3.05) is 5.32 Å². The van der Waals surface area contributed by atoms with Crippen molar-refractivity contribution in [1.29, 1.82) is 0 Å². The van der Waals surface area contributed by atoms with E-state index in [0.29, 0.717) is 22.8 Å². The summed E-state index contributed by atoms with van der Waals surface area (Å²) in [5.74, 6) is -0.681. The Labute approximate surface area is 160 Å². The third-order valence-electron chi connectivity index (χ3n) is 3.79. The van der Waals surface area contributed by atoms with Gasteiger partial charge in [-0.1, -0.05) is 36.9 Å². The number of rotatable bonds is 7. The molecule has 3 rings (SSSR count). The zero-order valence-electron chi connectivity index (χ0n) is 14.6. The maximum Gasteiger partial charge on any atom is 0.248 e. The van der Waals surface area contributed by atoms with Crippen LogP contribution in [0.5, 0.6) is 0 Å². The number of para-hydroxylation sites is 1. The minimum atomic E-state index is -0.511. The average Bonchev–Trinajstić information content (AvgIpc) is 3.15. The summed E-state index contributed by atoms with van der Waals surface area (Å²) in [7, 11) is 0. The van der Waals surface area contributed by atoms with Gasteiger partial charge < -0.3 is 11.1 Å². The zero-order valence-corrected chi connectivity index (χ0v) is 15.4. The smallest absolute Gasteiger partial charge is 0.248 e. The van der Waals surface area contributed by atoms with Crippen molar-refractivity contribution in [3.05, 3.63) is 60.2 Å². The van der Waals surface area contributed by atoms with Crippen LogP contribution in [-0.2, 0) is 4.79 Å². The van der Waals surface area contributed by atoms with E-state index in [1.165, 1.54) is 11.8 Å². The molecule has 0 aliphatic rings. The normalized spacial score (nSPS) is 11.7. The maximum atomic E-state index is 12.6. The van der Waals surface area contributed by atoms with Gasteiger partial charge in [0.1, 0.15) is 0 Å². The van der Waals surface area contributed by atoms with Gasteiger partial charge in [-0.3, -0.25) is 9.59 Å². The fourth-order valence-corrected chi connectivity index (χ4v) is 3.29. The van der Waals surface area contributed by atoms with Crippen LogP contribution >= 0.6 is 11.8 Å². The van der Waals surface area contributed by atoms with Crippen LogP contribution in [0, 0.1) is 0 Å². The van der Waals surface area contributed by atoms with E-state index in [4.69, 9.17) is 5.73 Å². The second-order valence-corrected chi connectivity index (χ2v) is 6.82. The summed E-state index contributed by atoms with van der Waals surface area (Å²) < 4.78 is 1.60. The van der Waals surface area contributed by atoms with Crippen LogP contribution in [0.3, 0.4) is 0 Å². The van der Waals surface area contributed by atoms with Crippen LogP contribution in [0.25, 0.3) is 5.69 Å². The number of nitrogens with one attached hydrogen (secondary N) is 1. The van der Waals surface area contributed by atoms with E-state index in [1.54, 1.807) is 28.9 Å². The second kappa shape index (κ2) is 8.45. The quantitative estimate of drug-likeness (QED) is 0.606. The zero-order chi connectivity index (χ0) is 19.2. The van der Waals surface area contributed by atoms with Gasteiger partial charge in [-0.25, -0.2) is 0 Å². The largest absolute Gasteiger partial charge is 0.366 e. The topological polar surface area (TPSA) is 116 Å². The fraction of sp³-hybridized carbons (Fsp3) is 0.167. The van der Waals surface area contributed by atoms with Crippen molar-refractivity contribution in [3.8, 4) is 5.69 Å². The van der Waals surface area contributed by atoms with E-state index in [1.807, 2.05) is 37.3 Å². The number of carbonyl (C=O) groups is 2. The highest BCUT2D eigenvalue weighted by molar-refractivity contribution is 8.00. The molecule has 8 nitrogen and oxygen atoms in total. The van der Waals surface area contributed by atoms with E-state index in [-0.39, 0.29) is 11.2 Å². The van der Waals surface area contributed by atoms with Crippen molar-refractivity contribution >= 4 is 29.3 Å². The molecule has 0 saturated heterocycles. The van der Waals surface area contributed by atoms with Crippen molar-refractivity contribution < 1.29 is 9.59 Å². The molecule has 2 aromatic carbocycles. The van der Waals surface area contributed by atoms with Crippen LogP contribution in [0.1, 0.15) is 23.7 Å². The molecule has 1 unspecified atom stereocenters. The Balaban J connectivity index is 1.71. The third kappa shape index (κ3) is 4.50. The molecule has 1 heterocycles. The molecule has 0 spiro atoms. The summed E-state index contributed by atoms with van der Waals surface area (Å²) in [6.07, 6.45) is 0.595. The lowest BCUT2D eigenvalue weighted by Crippen LogP contribution is -2.25. The first-order valence-corrected chi connectivity index (χ1v) is 9.17. The molecule has 0 saturated carbocycles. The molecule has 0 radical (unpaired) electrons. The Morgan fingerprint density at radius 3 is 2.48 bits per heavy atom. The molecule has 27 heavy (non-hydrogen) atoms. The number of nitrogens with two attached hydrogens (primary N) is 1. The van der Waals surface area contributed by atoms with Crippen molar-refractivity contribution in [2.45, 2.75) is 23.8 Å². The Morgan fingerprint density at radius 1 is 1.15 bits per heavy atom. The van der Waals surface area contributed by atoms with E-state index in [0.717, 1.165) is 5.69 Å². The number of anilines is 1. The van der Waals surface area contributed by atoms with Crippen molar-refractivity contribution in [1.82, 2.24) is 20.2 Å². The molecular formula is C18H18N6O2S. The summed E-state index contributed by atoms with van der Waals surface area (Å²) in [6.45, 7) is 1.92. The van der Waals surface area contributed by atoms with Gasteiger partial charge in [0.05, 0.1) is 10.9 Å². The molecule has 138 valence electrons. The number of hydrogen-bond acceptors (Lipinski definition) is 6. The lowest BCUT2D eigenvalue weighted by atomic mass is 10.2. The average molecular weight is 382 g/mol. The van der Waals surface area contributed by atoms with Gasteiger partial charge in [-0.15, -0.1) is 5.10 Å². The molecule has 0 aliphatic heterocycles. The number of benzene rings is 2. The number of carbonyl (C=O) groups excluding carboxylic acids is 2. The van der Waals surface area contributed by atoms with Gasteiger partial charge in [0.15, 0.2) is 0 Å². The van der Waals surface area contributed by atoms with Crippen LogP contribution in [0.4, 0.5) is 5.69 Å². The van der Waals surface area contributed by atoms with Crippen molar-refractivity contribution in [3.63, 3.8) is 0 Å². The Kier molecular flexibility index (Phi) is 5.82. The van der Waals surface area contributed by atoms with Crippen LogP contribution in [0.2, 0.25) is 0 Å². The molecule has 3 aromatic rings. The lowest BCUT2D eigenvalue weighted by Gasteiger charge is -2.14. The van der Waals surface area contributed by atoms with Crippen molar-refractivity contribution in [2.24, 2.45) is 5.73 Å². The summed E-state index contributed by atoms with van der Waals surface area (Å²) >= 11 is 1.29. The molecule has 0 fully saturated rings. The van der Waals surface area contributed by atoms with Gasteiger partial charge in [0, 0.05) is 11.3 Å². The monoisotopic (exact) mass is 382 g/mol. The van der Waals surface area contributed by atoms with E-state index in [2.05, 4.69) is 20.8 Å². The molecule has 9 heteroatoms. The summed E-state index contributed by atoms with van der Waals surface area (Å²) in [5.41, 5.74) is 7.02. The predicted octanol–water partition coefficient (Wildman–Crippen LogP) is 2.27. The van der Waals surface area contributed by atoms with Gasteiger partial charge in [-0.05, 0) is 53.2 Å². The first-order valence-electron chi connectivity index (χ1n) is 8.29. The molecule has 1 aromatic heterocycles. The number of thioether (sulfide) groups is 1. The first-order chi connectivity index (χ1) is 13.1. The van der Waals surface area contributed by atoms with Gasteiger partial charge in [-0.2, -0.15) is 4.68 Å². The minimum absolute atomic E-state index is 0.170. The van der Waals surface area contributed by atoms with Gasteiger partial charge in [0.2, 0.25) is 17.0 Å². The Hall–Kier alpha value is -3.20. The summed E-state index contributed by atoms with van der Waals surface area (Å²) in [4.78, 5) is 23.8. The van der Waals surface area contributed by atoms with Gasteiger partial charge in [0.25, 0.3) is 0 Å². The van der Waals surface area contributed by atoms with Gasteiger partial charge >= 0.3 is 0 Å². The lowest BCUT2D eigenvalue weighted by molar-refractivity contribution is -0.115. The minimum Gasteiger partial charge on any atom is -0.366 e. The predicted molar refractivity (Wildman–Crippen MR) is 103 cm³/mol. The third-order valence-corrected chi connectivity index (χ3v) is 5.09. The van der Waals surface area contributed by atoms with E-state index in [9.17, 15) is 9.59 Å². The van der Waals surface area contributed by atoms with Crippen LogP contribution < -0.4 is 11.1 Å². The molecule has 2 amide bonds. The number of tetrazole rings is 1. The summed E-state index contributed by atoms with van der Waals surface area (Å²) in [6, 6.07) is 15.9. The Morgan fingerprint density at radius 2 is 1.85 bits per heavy atom. The number of primary amides is 1. The fourth-order valence-electron chi connectivity index (χ4n) is 2.37. The molecule has 0 bridgehead atoms.